The minimum atomic E-state index is -0.746. The molecule has 0 fully saturated rings. The van der Waals surface area contributed by atoms with Crippen LogP contribution >= 0.6 is 0 Å². The maximum atomic E-state index is 13.5. The Morgan fingerprint density at radius 3 is 2.88 bits per heavy atom. The highest BCUT2D eigenvalue weighted by molar-refractivity contribution is 5.84. The molecule has 0 aliphatic carbocycles. The molecule has 1 N–H and O–H groups in total. The summed E-state index contributed by atoms with van der Waals surface area (Å²) in [7, 11) is 0. The van der Waals surface area contributed by atoms with Crippen molar-refractivity contribution >= 4 is 23.2 Å². The number of hydrazone groups is 1. The number of fused-ring (bicyclic) bond motifs is 1. The standard InChI is InChI=1S/C17H14F2N4O/c1-11-21-15-4-2-3-5-16(15)23(11)10-17(24)22-20-9-12-6-7-13(18)8-14(12)19/h2-9H,10H2,1H3,(H,22,24)/b20-9-. The number of para-hydroxylation sites is 2. The highest BCUT2D eigenvalue weighted by atomic mass is 19.1. The van der Waals surface area contributed by atoms with Gasteiger partial charge in [-0.15, -0.1) is 0 Å². The normalized spacial score (nSPS) is 11.3. The molecule has 1 amide bonds. The molecule has 122 valence electrons. The van der Waals surface area contributed by atoms with Crippen LogP contribution in [0, 0.1) is 18.6 Å². The van der Waals surface area contributed by atoms with Crippen LogP contribution in [-0.4, -0.2) is 21.7 Å². The van der Waals surface area contributed by atoms with Gasteiger partial charge in [0.25, 0.3) is 5.91 Å². The topological polar surface area (TPSA) is 59.3 Å². The van der Waals surface area contributed by atoms with Gasteiger partial charge in [0, 0.05) is 11.6 Å². The number of carbonyl (C=O) groups excluding carboxylic acids is 1. The van der Waals surface area contributed by atoms with Gasteiger partial charge in [0.15, 0.2) is 0 Å². The van der Waals surface area contributed by atoms with Crippen molar-refractivity contribution in [3.8, 4) is 0 Å². The summed E-state index contributed by atoms with van der Waals surface area (Å²) < 4.78 is 28.0. The number of amides is 1. The number of halogens is 2. The molecule has 0 aliphatic rings. The van der Waals surface area contributed by atoms with Gasteiger partial charge < -0.3 is 4.57 Å². The molecule has 0 saturated carbocycles. The summed E-state index contributed by atoms with van der Waals surface area (Å²) in [5.41, 5.74) is 4.06. The molecular formula is C17H14F2N4O. The number of nitrogens with zero attached hydrogens (tertiary/aromatic N) is 3. The monoisotopic (exact) mass is 328 g/mol. The molecule has 0 spiro atoms. The minimum absolute atomic E-state index is 0.0373. The second kappa shape index (κ2) is 6.57. The lowest BCUT2D eigenvalue weighted by Gasteiger charge is -2.05. The largest absolute Gasteiger partial charge is 0.319 e. The summed E-state index contributed by atoms with van der Waals surface area (Å²) in [6.45, 7) is 1.85. The summed E-state index contributed by atoms with van der Waals surface area (Å²) in [5, 5.41) is 3.70. The van der Waals surface area contributed by atoms with Crippen LogP contribution in [0.15, 0.2) is 47.6 Å². The maximum absolute atomic E-state index is 13.5. The van der Waals surface area contributed by atoms with Crippen molar-refractivity contribution in [2.75, 3.05) is 0 Å². The molecule has 0 unspecified atom stereocenters. The van der Waals surface area contributed by atoms with E-state index in [9.17, 15) is 13.6 Å². The van der Waals surface area contributed by atoms with Crippen LogP contribution in [0.3, 0.4) is 0 Å². The number of imidazole rings is 1. The number of aromatic nitrogens is 2. The molecule has 7 heteroatoms. The first-order valence-corrected chi connectivity index (χ1v) is 7.23. The van der Waals surface area contributed by atoms with Crippen molar-refractivity contribution in [2.45, 2.75) is 13.5 Å². The van der Waals surface area contributed by atoms with Gasteiger partial charge in [-0.2, -0.15) is 5.10 Å². The zero-order chi connectivity index (χ0) is 17.1. The van der Waals surface area contributed by atoms with E-state index in [-0.39, 0.29) is 18.0 Å². The lowest BCUT2D eigenvalue weighted by Crippen LogP contribution is -2.23. The Balaban J connectivity index is 1.69. The number of carbonyl (C=O) groups is 1. The molecule has 1 aromatic heterocycles. The summed E-state index contributed by atoms with van der Waals surface area (Å²) >= 11 is 0. The van der Waals surface area contributed by atoms with Crippen LogP contribution in [0.5, 0.6) is 0 Å². The maximum Gasteiger partial charge on any atom is 0.260 e. The van der Waals surface area contributed by atoms with E-state index in [4.69, 9.17) is 0 Å². The first-order chi connectivity index (χ1) is 11.5. The van der Waals surface area contributed by atoms with Crippen LogP contribution in [0.4, 0.5) is 8.78 Å². The molecule has 0 saturated heterocycles. The van der Waals surface area contributed by atoms with Gasteiger partial charge in [-0.1, -0.05) is 12.1 Å². The molecule has 0 bridgehead atoms. The van der Waals surface area contributed by atoms with Crippen molar-refractivity contribution in [2.24, 2.45) is 5.10 Å². The Kier molecular flexibility index (Phi) is 4.33. The number of benzene rings is 2. The number of nitrogens with one attached hydrogen (secondary N) is 1. The molecule has 3 rings (SSSR count). The van der Waals surface area contributed by atoms with Crippen molar-refractivity contribution in [1.29, 1.82) is 0 Å². The minimum Gasteiger partial charge on any atom is -0.319 e. The molecular weight excluding hydrogens is 314 g/mol. The van der Waals surface area contributed by atoms with Crippen molar-refractivity contribution < 1.29 is 13.6 Å². The van der Waals surface area contributed by atoms with E-state index in [1.807, 2.05) is 31.2 Å². The van der Waals surface area contributed by atoms with Crippen LogP contribution < -0.4 is 5.43 Å². The van der Waals surface area contributed by atoms with Gasteiger partial charge in [-0.05, 0) is 31.2 Å². The zero-order valence-corrected chi connectivity index (χ0v) is 12.8. The van der Waals surface area contributed by atoms with Gasteiger partial charge in [-0.3, -0.25) is 4.79 Å². The Morgan fingerprint density at radius 1 is 1.29 bits per heavy atom. The zero-order valence-electron chi connectivity index (χ0n) is 12.8. The Hall–Kier alpha value is -3.09. The van der Waals surface area contributed by atoms with E-state index in [0.29, 0.717) is 5.82 Å². The number of aryl methyl sites for hydroxylation is 1. The first kappa shape index (κ1) is 15.8. The van der Waals surface area contributed by atoms with E-state index in [1.54, 1.807) is 4.57 Å². The average molecular weight is 328 g/mol. The Morgan fingerprint density at radius 2 is 2.08 bits per heavy atom. The molecule has 0 radical (unpaired) electrons. The number of hydrogen-bond donors (Lipinski definition) is 1. The lowest BCUT2D eigenvalue weighted by atomic mass is 10.2. The van der Waals surface area contributed by atoms with Gasteiger partial charge in [0.1, 0.15) is 24.0 Å². The highest BCUT2D eigenvalue weighted by Gasteiger charge is 2.10. The Labute approximate surface area is 136 Å². The average Bonchev–Trinajstić information content (AvgIpc) is 2.85. The Bertz CT molecular complexity index is 933. The first-order valence-electron chi connectivity index (χ1n) is 7.23. The molecule has 24 heavy (non-hydrogen) atoms. The van der Waals surface area contributed by atoms with Crippen LogP contribution in [0.25, 0.3) is 11.0 Å². The molecule has 1 heterocycles. The third kappa shape index (κ3) is 3.29. The second-order valence-corrected chi connectivity index (χ2v) is 5.19. The molecule has 3 aromatic rings. The predicted molar refractivity (Wildman–Crippen MR) is 86.6 cm³/mol. The van der Waals surface area contributed by atoms with E-state index in [1.165, 1.54) is 6.07 Å². The summed E-state index contributed by atoms with van der Waals surface area (Å²) in [5.74, 6) is -1.08. The van der Waals surface area contributed by atoms with Crippen LogP contribution in [-0.2, 0) is 11.3 Å². The van der Waals surface area contributed by atoms with Crippen LogP contribution in [0.1, 0.15) is 11.4 Å². The van der Waals surface area contributed by atoms with Crippen LogP contribution in [0.2, 0.25) is 0 Å². The van der Waals surface area contributed by atoms with E-state index < -0.39 is 11.6 Å². The van der Waals surface area contributed by atoms with E-state index in [0.717, 1.165) is 29.4 Å². The fourth-order valence-electron chi connectivity index (χ4n) is 2.35. The lowest BCUT2D eigenvalue weighted by molar-refractivity contribution is -0.121. The second-order valence-electron chi connectivity index (χ2n) is 5.19. The van der Waals surface area contributed by atoms with Crippen molar-refractivity contribution in [3.05, 3.63) is 65.5 Å². The molecule has 2 aromatic carbocycles. The van der Waals surface area contributed by atoms with Gasteiger partial charge >= 0.3 is 0 Å². The third-order valence-electron chi connectivity index (χ3n) is 3.50. The summed E-state index contributed by atoms with van der Waals surface area (Å²) in [6.07, 6.45) is 1.13. The van der Waals surface area contributed by atoms with E-state index in [2.05, 4.69) is 15.5 Å². The fraction of sp³-hybridized carbons (Fsp3) is 0.118. The van der Waals surface area contributed by atoms with Gasteiger partial charge in [-0.25, -0.2) is 19.2 Å². The van der Waals surface area contributed by atoms with Gasteiger partial charge in [0.2, 0.25) is 0 Å². The summed E-state index contributed by atoms with van der Waals surface area (Å²) in [4.78, 5) is 16.4. The third-order valence-corrected chi connectivity index (χ3v) is 3.50. The number of hydrogen-bond acceptors (Lipinski definition) is 3. The quantitative estimate of drug-likeness (QED) is 0.591. The van der Waals surface area contributed by atoms with Crippen molar-refractivity contribution in [1.82, 2.24) is 15.0 Å². The smallest absolute Gasteiger partial charge is 0.260 e. The number of rotatable bonds is 4. The predicted octanol–water partition coefficient (Wildman–Crippen LogP) is 2.77. The van der Waals surface area contributed by atoms with Crippen molar-refractivity contribution in [3.63, 3.8) is 0 Å². The summed E-state index contributed by atoms with van der Waals surface area (Å²) in [6, 6.07) is 10.6. The molecule has 0 atom stereocenters. The molecule has 0 aliphatic heterocycles. The fourth-order valence-corrected chi connectivity index (χ4v) is 2.35. The van der Waals surface area contributed by atoms with Gasteiger partial charge in [0.05, 0.1) is 17.2 Å². The SMILES string of the molecule is Cc1nc2ccccc2n1CC(=O)N/N=C\c1ccc(F)cc1F. The molecule has 5 nitrogen and oxygen atoms in total. The highest BCUT2D eigenvalue weighted by Crippen LogP contribution is 2.15. The van der Waals surface area contributed by atoms with E-state index >= 15 is 0 Å².